The van der Waals surface area contributed by atoms with Gasteiger partial charge in [-0.05, 0) is 74.5 Å². The molecule has 1 N–H and O–H groups in total. The van der Waals surface area contributed by atoms with Gasteiger partial charge < -0.3 is 5.32 Å². The molecule has 0 aliphatic rings. The summed E-state index contributed by atoms with van der Waals surface area (Å²) in [5.41, 5.74) is 3.82. The molecule has 108 valence electrons. The van der Waals surface area contributed by atoms with Crippen molar-refractivity contribution in [3.05, 3.63) is 53.0 Å². The Kier molecular flexibility index (Phi) is 6.29. The Morgan fingerprint density at radius 1 is 1.20 bits per heavy atom. The van der Waals surface area contributed by atoms with Gasteiger partial charge in [0.15, 0.2) is 0 Å². The third-order valence-electron chi connectivity index (χ3n) is 3.13. The van der Waals surface area contributed by atoms with Crippen LogP contribution in [-0.2, 0) is 0 Å². The largest absolute Gasteiger partial charge is 0.306 e. The number of hydrogen-bond donors (Lipinski definition) is 1. The summed E-state index contributed by atoms with van der Waals surface area (Å²) in [6, 6.07) is 8.81. The Morgan fingerprint density at radius 3 is 2.55 bits per heavy atom. The fraction of sp³-hybridized carbons (Fsp3) is 0.333. The third kappa shape index (κ3) is 3.74. The summed E-state index contributed by atoms with van der Waals surface area (Å²) >= 11 is 12.7. The van der Waals surface area contributed by atoms with Crippen LogP contribution in [0.2, 0.25) is 0 Å². The van der Waals surface area contributed by atoms with Gasteiger partial charge in [-0.3, -0.25) is 0 Å². The average molecular weight is 482 g/mol. The van der Waals surface area contributed by atoms with E-state index in [-0.39, 0.29) is 6.04 Å². The van der Waals surface area contributed by atoms with Crippen LogP contribution >= 0.6 is 59.1 Å². The van der Waals surface area contributed by atoms with Crippen LogP contribution in [0.4, 0.5) is 0 Å². The lowest BCUT2D eigenvalue weighted by molar-refractivity contribution is 0.596. The summed E-state index contributed by atoms with van der Waals surface area (Å²) in [7, 11) is 0. The number of rotatable bonds is 5. The first-order valence-electron chi connectivity index (χ1n) is 6.47. The van der Waals surface area contributed by atoms with Gasteiger partial charge >= 0.3 is 0 Å². The molecule has 0 fully saturated rings. The summed E-state index contributed by atoms with van der Waals surface area (Å²) in [6.45, 7) is 5.31. The molecule has 0 saturated heterocycles. The number of nitrogens with one attached hydrogen (secondary N) is 1. The van der Waals surface area contributed by atoms with E-state index in [1.807, 2.05) is 0 Å². The maximum Gasteiger partial charge on any atom is 0.0761 e. The van der Waals surface area contributed by atoms with Crippen molar-refractivity contribution in [3.63, 3.8) is 0 Å². The summed E-state index contributed by atoms with van der Waals surface area (Å²) < 4.78 is 3.50. The van der Waals surface area contributed by atoms with E-state index in [2.05, 4.69) is 91.2 Å². The van der Waals surface area contributed by atoms with Gasteiger partial charge in [-0.1, -0.05) is 41.1 Å². The fourth-order valence-electron chi connectivity index (χ4n) is 2.12. The number of halogens is 3. The van der Waals surface area contributed by atoms with E-state index < -0.39 is 0 Å². The Labute approximate surface area is 149 Å². The topological polar surface area (TPSA) is 12.0 Å². The van der Waals surface area contributed by atoms with Gasteiger partial charge in [-0.2, -0.15) is 0 Å². The quantitative estimate of drug-likeness (QED) is 0.518. The van der Waals surface area contributed by atoms with E-state index in [0.29, 0.717) is 0 Å². The highest BCUT2D eigenvalue weighted by molar-refractivity contribution is 9.12. The maximum atomic E-state index is 3.74. The SMILES string of the molecule is CCCNC(c1cc(Br)sc1Br)c1cccc(C)c1Br. The second-order valence-corrected chi connectivity index (χ2v) is 9.19. The Morgan fingerprint density at radius 2 is 1.95 bits per heavy atom. The van der Waals surface area contributed by atoms with Crippen molar-refractivity contribution < 1.29 is 0 Å². The zero-order valence-corrected chi connectivity index (χ0v) is 16.9. The number of aryl methyl sites for hydroxylation is 1. The smallest absolute Gasteiger partial charge is 0.0761 e. The molecule has 1 aromatic carbocycles. The van der Waals surface area contributed by atoms with Gasteiger partial charge in [-0.25, -0.2) is 0 Å². The van der Waals surface area contributed by atoms with E-state index in [0.717, 1.165) is 16.8 Å². The molecule has 1 atom stereocenters. The molecule has 0 radical (unpaired) electrons. The first kappa shape index (κ1) is 16.7. The summed E-state index contributed by atoms with van der Waals surface area (Å²) in [6.07, 6.45) is 1.11. The van der Waals surface area contributed by atoms with E-state index in [4.69, 9.17) is 0 Å². The van der Waals surface area contributed by atoms with E-state index in [1.54, 1.807) is 11.3 Å². The fourth-order valence-corrected chi connectivity index (χ4v) is 5.51. The molecule has 1 heterocycles. The van der Waals surface area contributed by atoms with Gasteiger partial charge in [0, 0.05) is 4.47 Å². The molecule has 5 heteroatoms. The summed E-state index contributed by atoms with van der Waals surface area (Å²) in [5, 5.41) is 3.65. The highest BCUT2D eigenvalue weighted by atomic mass is 79.9. The Bertz CT molecular complexity index is 595. The van der Waals surface area contributed by atoms with Crippen LogP contribution in [-0.4, -0.2) is 6.54 Å². The van der Waals surface area contributed by atoms with Crippen LogP contribution in [0.5, 0.6) is 0 Å². The van der Waals surface area contributed by atoms with Crippen LogP contribution in [0.15, 0.2) is 36.3 Å². The molecule has 0 aliphatic heterocycles. The van der Waals surface area contributed by atoms with Gasteiger partial charge in [0.2, 0.25) is 0 Å². The van der Waals surface area contributed by atoms with Crippen LogP contribution < -0.4 is 5.32 Å². The standard InChI is InChI=1S/C15H16Br3NS/c1-3-7-19-14(11-8-12(16)20-15(11)18)10-6-4-5-9(2)13(10)17/h4-6,8,14,19H,3,7H2,1-2H3. The molecular formula is C15H16Br3NS. The second-order valence-electron chi connectivity index (χ2n) is 4.64. The lowest BCUT2D eigenvalue weighted by Crippen LogP contribution is -2.23. The van der Waals surface area contributed by atoms with Gasteiger partial charge in [-0.15, -0.1) is 11.3 Å². The van der Waals surface area contributed by atoms with Crippen LogP contribution in [0.3, 0.4) is 0 Å². The molecule has 2 aromatic rings. The minimum Gasteiger partial charge on any atom is -0.306 e. The molecule has 0 amide bonds. The van der Waals surface area contributed by atoms with Gasteiger partial charge in [0.1, 0.15) is 0 Å². The van der Waals surface area contributed by atoms with E-state index in [1.165, 1.54) is 24.9 Å². The normalized spacial score (nSPS) is 12.7. The molecule has 0 aliphatic carbocycles. The number of hydrogen-bond acceptors (Lipinski definition) is 2. The number of benzene rings is 1. The highest BCUT2D eigenvalue weighted by Crippen LogP contribution is 2.40. The van der Waals surface area contributed by atoms with Crippen molar-refractivity contribution in [2.24, 2.45) is 0 Å². The molecule has 20 heavy (non-hydrogen) atoms. The van der Waals surface area contributed by atoms with Crippen molar-refractivity contribution >= 4 is 59.1 Å². The minimum absolute atomic E-state index is 0.196. The first-order chi connectivity index (χ1) is 9.54. The lowest BCUT2D eigenvalue weighted by atomic mass is 9.99. The van der Waals surface area contributed by atoms with Crippen molar-refractivity contribution in [2.45, 2.75) is 26.3 Å². The van der Waals surface area contributed by atoms with Crippen LogP contribution in [0.25, 0.3) is 0 Å². The van der Waals surface area contributed by atoms with E-state index >= 15 is 0 Å². The molecule has 2 rings (SSSR count). The molecule has 1 aromatic heterocycles. The predicted octanol–water partition coefficient (Wildman–Crippen LogP) is 6.43. The van der Waals surface area contributed by atoms with Crippen molar-refractivity contribution in [1.82, 2.24) is 5.32 Å². The molecule has 1 nitrogen and oxygen atoms in total. The van der Waals surface area contributed by atoms with Crippen molar-refractivity contribution in [2.75, 3.05) is 6.54 Å². The molecule has 1 unspecified atom stereocenters. The zero-order valence-electron chi connectivity index (χ0n) is 11.3. The van der Waals surface area contributed by atoms with Gasteiger partial charge in [0.05, 0.1) is 13.6 Å². The van der Waals surface area contributed by atoms with Gasteiger partial charge in [0.25, 0.3) is 0 Å². The highest BCUT2D eigenvalue weighted by Gasteiger charge is 2.21. The molecule has 0 spiro atoms. The van der Waals surface area contributed by atoms with Crippen molar-refractivity contribution in [1.29, 1.82) is 0 Å². The lowest BCUT2D eigenvalue weighted by Gasteiger charge is -2.21. The maximum absolute atomic E-state index is 3.74. The monoisotopic (exact) mass is 479 g/mol. The molecule has 0 bridgehead atoms. The van der Waals surface area contributed by atoms with E-state index in [9.17, 15) is 0 Å². The summed E-state index contributed by atoms with van der Waals surface area (Å²) in [4.78, 5) is 0. The molecule has 0 saturated carbocycles. The first-order valence-corrected chi connectivity index (χ1v) is 9.67. The minimum atomic E-state index is 0.196. The Hall–Kier alpha value is 0.320. The van der Waals surface area contributed by atoms with Crippen LogP contribution in [0, 0.1) is 6.92 Å². The Balaban J connectivity index is 2.47. The number of thiophene rings is 1. The molecular weight excluding hydrogens is 466 g/mol. The average Bonchev–Trinajstić information content (AvgIpc) is 2.74. The predicted molar refractivity (Wildman–Crippen MR) is 98.7 cm³/mol. The van der Waals surface area contributed by atoms with Crippen molar-refractivity contribution in [3.8, 4) is 0 Å². The summed E-state index contributed by atoms with van der Waals surface area (Å²) in [5.74, 6) is 0. The second kappa shape index (κ2) is 7.54. The zero-order chi connectivity index (χ0) is 14.7. The van der Waals surface area contributed by atoms with Crippen LogP contribution in [0.1, 0.15) is 36.1 Å². The third-order valence-corrected chi connectivity index (χ3v) is 6.59.